The van der Waals surface area contributed by atoms with Crippen LogP contribution in [-0.2, 0) is 6.18 Å². The Kier molecular flexibility index (Phi) is 5.09. The van der Waals surface area contributed by atoms with Gasteiger partial charge in [-0.05, 0) is 12.1 Å². The molecule has 0 radical (unpaired) electrons. The topological polar surface area (TPSA) is 97.1 Å². The van der Waals surface area contributed by atoms with Crippen molar-refractivity contribution in [3.05, 3.63) is 68.2 Å². The highest BCUT2D eigenvalue weighted by atomic mass is 35.5. The van der Waals surface area contributed by atoms with Gasteiger partial charge in [0.15, 0.2) is 0 Å². The van der Waals surface area contributed by atoms with Gasteiger partial charge in [-0.3, -0.25) is 20.1 Å². The monoisotopic (exact) mass is 411 g/mol. The van der Waals surface area contributed by atoms with E-state index in [1.165, 1.54) is 31.3 Å². The van der Waals surface area contributed by atoms with Crippen LogP contribution in [0, 0.1) is 10.1 Å². The Bertz CT molecular complexity index is 1020. The molecule has 0 saturated heterocycles. The lowest BCUT2D eigenvalue weighted by molar-refractivity contribution is -0.384. The number of halogens is 4. The Morgan fingerprint density at radius 1 is 1.25 bits per heavy atom. The first-order valence-electron chi connectivity index (χ1n) is 7.85. The van der Waals surface area contributed by atoms with Gasteiger partial charge in [0.1, 0.15) is 10.9 Å². The molecular weight excluding hydrogens is 399 g/mol. The summed E-state index contributed by atoms with van der Waals surface area (Å²) in [6, 6.07) is 7.22. The standard InChI is InChI=1S/C17H13ClF3N5O2/c1-25(22)15-8-23-16(9-4-2-3-5-11(9)17(19,20)21)10-6-12(18)14(26(27)28)7-13(10)24-15/h2-7H,8,22H2,1H3. The van der Waals surface area contributed by atoms with Crippen molar-refractivity contribution in [1.29, 1.82) is 0 Å². The van der Waals surface area contributed by atoms with E-state index >= 15 is 0 Å². The summed E-state index contributed by atoms with van der Waals surface area (Å²) in [5, 5.41) is 12.1. The molecule has 7 nitrogen and oxygen atoms in total. The molecule has 0 aromatic heterocycles. The second-order valence-corrected chi connectivity index (χ2v) is 6.33. The molecule has 0 spiro atoms. The van der Waals surface area contributed by atoms with Gasteiger partial charge in [0, 0.05) is 24.2 Å². The second-order valence-electron chi connectivity index (χ2n) is 5.92. The SMILES string of the molecule is CN(N)C1=Nc2cc([N+](=O)[O-])c(Cl)cc2C(c2ccccc2C(F)(F)F)=NC1. The molecule has 146 valence electrons. The lowest BCUT2D eigenvalue weighted by atomic mass is 9.95. The average Bonchev–Trinajstić information content (AvgIpc) is 2.79. The summed E-state index contributed by atoms with van der Waals surface area (Å²) in [6.07, 6.45) is -4.62. The lowest BCUT2D eigenvalue weighted by Crippen LogP contribution is -2.34. The Hall–Kier alpha value is -2.98. The van der Waals surface area contributed by atoms with Crippen LogP contribution in [0.4, 0.5) is 24.5 Å². The van der Waals surface area contributed by atoms with Gasteiger partial charge in [-0.25, -0.2) is 10.8 Å². The molecule has 0 fully saturated rings. The number of alkyl halides is 3. The molecule has 1 aliphatic rings. The molecule has 0 amide bonds. The maximum absolute atomic E-state index is 13.5. The largest absolute Gasteiger partial charge is 0.417 e. The smallest absolute Gasteiger partial charge is 0.300 e. The maximum Gasteiger partial charge on any atom is 0.417 e. The minimum Gasteiger partial charge on any atom is -0.300 e. The number of rotatable bonds is 2. The van der Waals surface area contributed by atoms with Gasteiger partial charge >= 0.3 is 6.18 Å². The average molecular weight is 412 g/mol. The van der Waals surface area contributed by atoms with E-state index in [9.17, 15) is 23.3 Å². The predicted octanol–water partition coefficient (Wildman–Crippen LogP) is 3.95. The van der Waals surface area contributed by atoms with Crippen molar-refractivity contribution in [3.8, 4) is 0 Å². The normalized spacial score (nSPS) is 13.9. The second kappa shape index (κ2) is 7.21. The van der Waals surface area contributed by atoms with E-state index in [1.807, 2.05) is 0 Å². The summed E-state index contributed by atoms with van der Waals surface area (Å²) in [5.74, 6) is 5.92. The van der Waals surface area contributed by atoms with Gasteiger partial charge < -0.3 is 0 Å². The molecule has 0 saturated carbocycles. The van der Waals surface area contributed by atoms with Gasteiger partial charge in [0.2, 0.25) is 0 Å². The molecule has 2 aromatic rings. The van der Waals surface area contributed by atoms with Gasteiger partial charge in [-0.2, -0.15) is 13.2 Å². The van der Waals surface area contributed by atoms with Crippen molar-refractivity contribution in [3.63, 3.8) is 0 Å². The van der Waals surface area contributed by atoms with Crippen LogP contribution in [0.25, 0.3) is 0 Å². The third kappa shape index (κ3) is 3.69. The quantitative estimate of drug-likeness (QED) is 0.459. The molecule has 28 heavy (non-hydrogen) atoms. The highest BCUT2D eigenvalue weighted by Crippen LogP contribution is 2.38. The number of hydrazine groups is 1. The summed E-state index contributed by atoms with van der Waals surface area (Å²) in [4.78, 5) is 19.0. The number of hydrogen-bond acceptors (Lipinski definition) is 6. The summed E-state index contributed by atoms with van der Waals surface area (Å²) in [6.45, 7) is -0.116. The maximum atomic E-state index is 13.5. The van der Waals surface area contributed by atoms with Gasteiger partial charge in [0.25, 0.3) is 5.69 Å². The van der Waals surface area contributed by atoms with Crippen LogP contribution >= 0.6 is 11.6 Å². The molecule has 0 bridgehead atoms. The fraction of sp³-hybridized carbons (Fsp3) is 0.176. The number of fused-ring (bicyclic) bond motifs is 1. The highest BCUT2D eigenvalue weighted by Gasteiger charge is 2.35. The number of nitro groups is 1. The zero-order chi connectivity index (χ0) is 20.6. The molecule has 0 aliphatic carbocycles. The summed E-state index contributed by atoms with van der Waals surface area (Å²) in [5.41, 5.74) is -1.33. The molecule has 0 atom stereocenters. The van der Waals surface area contributed by atoms with Crippen molar-refractivity contribution in [2.45, 2.75) is 6.18 Å². The molecule has 1 aliphatic heterocycles. The Labute approximate surface area is 162 Å². The van der Waals surface area contributed by atoms with Crippen molar-refractivity contribution in [2.24, 2.45) is 15.8 Å². The van der Waals surface area contributed by atoms with Crippen LogP contribution in [0.2, 0.25) is 5.02 Å². The molecule has 3 rings (SSSR count). The Morgan fingerprint density at radius 3 is 2.54 bits per heavy atom. The first-order valence-corrected chi connectivity index (χ1v) is 8.22. The first-order chi connectivity index (χ1) is 13.1. The van der Waals surface area contributed by atoms with Gasteiger partial charge in [-0.1, -0.05) is 29.8 Å². The highest BCUT2D eigenvalue weighted by molar-refractivity contribution is 6.33. The third-order valence-electron chi connectivity index (χ3n) is 4.04. The summed E-state index contributed by atoms with van der Waals surface area (Å²) < 4.78 is 40.5. The molecule has 1 heterocycles. The number of benzene rings is 2. The number of likely N-dealkylation sites (N-methyl/N-ethyl adjacent to an activating group) is 1. The summed E-state index contributed by atoms with van der Waals surface area (Å²) in [7, 11) is 1.48. The molecular formula is C17H13ClF3N5O2. The zero-order valence-electron chi connectivity index (χ0n) is 14.4. The summed E-state index contributed by atoms with van der Waals surface area (Å²) >= 11 is 5.99. The number of nitrogens with two attached hydrogens (primary N) is 1. The fourth-order valence-electron chi connectivity index (χ4n) is 2.74. The van der Waals surface area contributed by atoms with Crippen LogP contribution in [0.3, 0.4) is 0 Å². The minimum absolute atomic E-state index is 0.0275. The van der Waals surface area contributed by atoms with E-state index in [4.69, 9.17) is 17.4 Å². The fourth-order valence-corrected chi connectivity index (χ4v) is 2.97. The minimum atomic E-state index is -4.62. The Morgan fingerprint density at radius 2 is 1.93 bits per heavy atom. The van der Waals surface area contributed by atoms with Crippen molar-refractivity contribution in [2.75, 3.05) is 13.6 Å². The number of nitro benzene ring substituents is 1. The lowest BCUT2D eigenvalue weighted by Gasteiger charge is -2.15. The third-order valence-corrected chi connectivity index (χ3v) is 4.34. The van der Waals surface area contributed by atoms with Gasteiger partial charge in [-0.15, -0.1) is 0 Å². The number of amidine groups is 1. The van der Waals surface area contributed by atoms with Crippen molar-refractivity contribution < 1.29 is 18.1 Å². The molecule has 2 N–H and O–H groups in total. The Balaban J connectivity index is 2.31. The van der Waals surface area contributed by atoms with E-state index < -0.39 is 22.4 Å². The van der Waals surface area contributed by atoms with Crippen LogP contribution in [-0.4, -0.2) is 35.1 Å². The van der Waals surface area contributed by atoms with Gasteiger partial charge in [0.05, 0.1) is 28.4 Å². The number of nitrogens with zero attached hydrogens (tertiary/aromatic N) is 4. The first kappa shape index (κ1) is 19.8. The van der Waals surface area contributed by atoms with E-state index in [0.29, 0.717) is 0 Å². The number of hydrogen-bond donors (Lipinski definition) is 1. The van der Waals surface area contributed by atoms with Crippen molar-refractivity contribution >= 4 is 34.5 Å². The van der Waals surface area contributed by atoms with E-state index in [-0.39, 0.29) is 39.9 Å². The van der Waals surface area contributed by atoms with Crippen LogP contribution in [0.5, 0.6) is 0 Å². The molecule has 11 heteroatoms. The van der Waals surface area contributed by atoms with Crippen LogP contribution in [0.1, 0.15) is 16.7 Å². The predicted molar refractivity (Wildman–Crippen MR) is 99.1 cm³/mol. The van der Waals surface area contributed by atoms with Crippen LogP contribution < -0.4 is 5.84 Å². The van der Waals surface area contributed by atoms with E-state index in [1.54, 1.807) is 0 Å². The molecule has 2 aromatic carbocycles. The number of aliphatic imine (C=N–C) groups is 2. The van der Waals surface area contributed by atoms with Crippen molar-refractivity contribution in [1.82, 2.24) is 5.01 Å². The zero-order valence-corrected chi connectivity index (χ0v) is 15.1. The van der Waals surface area contributed by atoms with E-state index in [2.05, 4.69) is 9.98 Å². The molecule has 0 unspecified atom stereocenters. The van der Waals surface area contributed by atoms with Crippen LogP contribution in [0.15, 0.2) is 46.4 Å². The van der Waals surface area contributed by atoms with E-state index in [0.717, 1.165) is 17.1 Å².